The number of benzene rings is 1. The molecule has 0 aliphatic heterocycles. The van der Waals surface area contributed by atoms with Crippen LogP contribution < -0.4 is 5.32 Å². The van der Waals surface area contributed by atoms with Crippen LogP contribution in [0.25, 0.3) is 0 Å². The topological polar surface area (TPSA) is 66.4 Å². The van der Waals surface area contributed by atoms with Crippen molar-refractivity contribution in [2.24, 2.45) is 0 Å². The summed E-state index contributed by atoms with van der Waals surface area (Å²) >= 11 is 3.46. The molecule has 0 heterocycles. The maximum Gasteiger partial charge on any atom is 0.305 e. The minimum atomic E-state index is -0.893. The van der Waals surface area contributed by atoms with E-state index in [1.807, 2.05) is 24.3 Å². The molecule has 114 valence electrons. The molecule has 2 rings (SSSR count). The fourth-order valence-electron chi connectivity index (χ4n) is 3.04. The molecule has 0 saturated heterocycles. The number of aliphatic carboxylic acids is 1. The Morgan fingerprint density at radius 3 is 2.57 bits per heavy atom. The van der Waals surface area contributed by atoms with Gasteiger partial charge >= 0.3 is 5.97 Å². The Balaban J connectivity index is 2.20. The molecule has 1 aromatic carbocycles. The Hall–Kier alpha value is -1.36. The molecule has 21 heavy (non-hydrogen) atoms. The van der Waals surface area contributed by atoms with Gasteiger partial charge in [0, 0.05) is 11.0 Å². The molecule has 2 N–H and O–H groups in total. The van der Waals surface area contributed by atoms with Crippen molar-refractivity contribution >= 4 is 27.8 Å². The largest absolute Gasteiger partial charge is 0.481 e. The van der Waals surface area contributed by atoms with Crippen molar-refractivity contribution in [3.05, 3.63) is 34.3 Å². The summed E-state index contributed by atoms with van der Waals surface area (Å²) in [6, 6.07) is 7.89. The summed E-state index contributed by atoms with van der Waals surface area (Å²) in [4.78, 5) is 23.3. The number of amides is 1. The number of hydrogen-bond donors (Lipinski definition) is 2. The van der Waals surface area contributed by atoms with Gasteiger partial charge in [-0.2, -0.15) is 0 Å². The van der Waals surface area contributed by atoms with Crippen LogP contribution in [0, 0.1) is 0 Å². The van der Waals surface area contributed by atoms with Gasteiger partial charge in [0.1, 0.15) is 0 Å². The van der Waals surface area contributed by atoms with E-state index in [1.54, 1.807) is 0 Å². The Morgan fingerprint density at radius 2 is 1.95 bits per heavy atom. The molecule has 0 unspecified atom stereocenters. The minimum absolute atomic E-state index is 0.0402. The summed E-state index contributed by atoms with van der Waals surface area (Å²) in [6.45, 7) is 0.184. The zero-order chi connectivity index (χ0) is 15.3. The van der Waals surface area contributed by atoms with Crippen molar-refractivity contribution in [2.45, 2.75) is 43.9 Å². The van der Waals surface area contributed by atoms with Crippen molar-refractivity contribution in [1.29, 1.82) is 0 Å². The first kappa shape index (κ1) is 16.0. The summed E-state index contributed by atoms with van der Waals surface area (Å²) in [5.41, 5.74) is 0.505. The zero-order valence-corrected chi connectivity index (χ0v) is 13.5. The molecule has 0 aromatic heterocycles. The van der Waals surface area contributed by atoms with Crippen LogP contribution in [0.2, 0.25) is 0 Å². The van der Waals surface area contributed by atoms with E-state index >= 15 is 0 Å². The molecule has 1 fully saturated rings. The van der Waals surface area contributed by atoms with Crippen molar-refractivity contribution in [2.75, 3.05) is 6.54 Å². The Kier molecular flexibility index (Phi) is 5.39. The number of carboxylic acids is 1. The summed E-state index contributed by atoms with van der Waals surface area (Å²) in [6.07, 6.45) is 4.81. The maximum absolute atomic E-state index is 12.7. The SMILES string of the molecule is O=C(O)CCNC(=O)C1(c2cccc(Br)c2)CCCCC1. The zero-order valence-electron chi connectivity index (χ0n) is 11.9. The number of rotatable bonds is 5. The first-order valence-electron chi connectivity index (χ1n) is 7.31. The van der Waals surface area contributed by atoms with E-state index in [-0.39, 0.29) is 18.9 Å². The van der Waals surface area contributed by atoms with Crippen molar-refractivity contribution in [1.82, 2.24) is 5.32 Å². The highest BCUT2D eigenvalue weighted by Gasteiger charge is 2.40. The second-order valence-corrected chi connectivity index (χ2v) is 6.47. The van der Waals surface area contributed by atoms with Gasteiger partial charge in [-0.1, -0.05) is 47.3 Å². The maximum atomic E-state index is 12.7. The third-order valence-electron chi connectivity index (χ3n) is 4.14. The first-order valence-corrected chi connectivity index (χ1v) is 8.10. The van der Waals surface area contributed by atoms with E-state index in [0.29, 0.717) is 0 Å². The van der Waals surface area contributed by atoms with Crippen LogP contribution in [0.5, 0.6) is 0 Å². The van der Waals surface area contributed by atoms with E-state index in [2.05, 4.69) is 21.2 Å². The van der Waals surface area contributed by atoms with E-state index < -0.39 is 11.4 Å². The van der Waals surface area contributed by atoms with Gasteiger partial charge < -0.3 is 10.4 Å². The second kappa shape index (κ2) is 7.07. The summed E-state index contributed by atoms with van der Waals surface area (Å²) in [5, 5.41) is 11.5. The van der Waals surface area contributed by atoms with E-state index in [9.17, 15) is 9.59 Å². The summed E-state index contributed by atoms with van der Waals surface area (Å²) in [5.74, 6) is -0.933. The molecule has 0 spiro atoms. The molecule has 1 aliphatic rings. The number of nitrogens with one attached hydrogen (secondary N) is 1. The number of halogens is 1. The van der Waals surface area contributed by atoms with Gasteiger partial charge in [0.2, 0.25) is 5.91 Å². The van der Waals surface area contributed by atoms with Crippen LogP contribution in [-0.4, -0.2) is 23.5 Å². The monoisotopic (exact) mass is 353 g/mol. The molecular formula is C16H20BrNO3. The minimum Gasteiger partial charge on any atom is -0.481 e. The fourth-order valence-corrected chi connectivity index (χ4v) is 3.44. The van der Waals surface area contributed by atoms with Crippen molar-refractivity contribution in [3.8, 4) is 0 Å². The van der Waals surface area contributed by atoms with Crippen molar-refractivity contribution in [3.63, 3.8) is 0 Å². The molecule has 1 amide bonds. The normalized spacial score (nSPS) is 17.2. The van der Waals surface area contributed by atoms with Crippen LogP contribution in [0.3, 0.4) is 0 Å². The summed E-state index contributed by atoms with van der Waals surface area (Å²) in [7, 11) is 0. The average molecular weight is 354 g/mol. The summed E-state index contributed by atoms with van der Waals surface area (Å²) < 4.78 is 0.961. The molecule has 5 heteroatoms. The Morgan fingerprint density at radius 1 is 1.24 bits per heavy atom. The lowest BCUT2D eigenvalue weighted by Crippen LogP contribution is -2.46. The molecule has 1 aliphatic carbocycles. The highest BCUT2D eigenvalue weighted by molar-refractivity contribution is 9.10. The van der Waals surface area contributed by atoms with Crippen LogP contribution in [0.4, 0.5) is 0 Å². The standard InChI is InChI=1S/C16H20BrNO3/c17-13-6-4-5-12(11-13)16(8-2-1-3-9-16)15(21)18-10-7-14(19)20/h4-6,11H,1-3,7-10H2,(H,18,21)(H,19,20). The molecular weight excluding hydrogens is 334 g/mol. The van der Waals surface area contributed by atoms with Crippen LogP contribution in [0.15, 0.2) is 28.7 Å². The van der Waals surface area contributed by atoms with Gasteiger partial charge in [-0.25, -0.2) is 0 Å². The van der Waals surface area contributed by atoms with E-state index in [4.69, 9.17) is 5.11 Å². The van der Waals surface area contributed by atoms with Gasteiger partial charge in [-0.15, -0.1) is 0 Å². The second-order valence-electron chi connectivity index (χ2n) is 5.55. The van der Waals surface area contributed by atoms with Crippen molar-refractivity contribution < 1.29 is 14.7 Å². The molecule has 0 radical (unpaired) electrons. The van der Waals surface area contributed by atoms with E-state index in [0.717, 1.165) is 42.1 Å². The lowest BCUT2D eigenvalue weighted by Gasteiger charge is -2.36. The molecule has 0 atom stereocenters. The van der Waals surface area contributed by atoms with Gasteiger partial charge in [-0.05, 0) is 30.5 Å². The average Bonchev–Trinajstić information content (AvgIpc) is 2.47. The first-order chi connectivity index (χ1) is 10.0. The highest BCUT2D eigenvalue weighted by atomic mass is 79.9. The molecule has 0 bridgehead atoms. The smallest absolute Gasteiger partial charge is 0.305 e. The molecule has 1 aromatic rings. The number of hydrogen-bond acceptors (Lipinski definition) is 2. The van der Waals surface area contributed by atoms with Gasteiger partial charge in [-0.3, -0.25) is 9.59 Å². The number of carbonyl (C=O) groups excluding carboxylic acids is 1. The number of carboxylic acid groups (broad SMARTS) is 1. The van der Waals surface area contributed by atoms with Crippen LogP contribution in [-0.2, 0) is 15.0 Å². The predicted octanol–water partition coefficient (Wildman–Crippen LogP) is 3.24. The third-order valence-corrected chi connectivity index (χ3v) is 4.64. The fraction of sp³-hybridized carbons (Fsp3) is 0.500. The van der Waals surface area contributed by atoms with Gasteiger partial charge in [0.25, 0.3) is 0 Å². The van der Waals surface area contributed by atoms with Gasteiger partial charge in [0.05, 0.1) is 11.8 Å². The highest BCUT2D eigenvalue weighted by Crippen LogP contribution is 2.40. The number of carbonyl (C=O) groups is 2. The molecule has 4 nitrogen and oxygen atoms in total. The lowest BCUT2D eigenvalue weighted by molar-refractivity contribution is -0.137. The van der Waals surface area contributed by atoms with Crippen LogP contribution in [0.1, 0.15) is 44.1 Å². The third kappa shape index (κ3) is 3.84. The quantitative estimate of drug-likeness (QED) is 0.853. The van der Waals surface area contributed by atoms with Gasteiger partial charge in [0.15, 0.2) is 0 Å². The molecule has 1 saturated carbocycles. The van der Waals surface area contributed by atoms with E-state index in [1.165, 1.54) is 0 Å². The Bertz CT molecular complexity index is 524. The Labute approximate surface area is 133 Å². The lowest BCUT2D eigenvalue weighted by atomic mass is 9.68. The van der Waals surface area contributed by atoms with Crippen LogP contribution >= 0.6 is 15.9 Å². The predicted molar refractivity (Wildman–Crippen MR) is 84.2 cm³/mol.